The van der Waals surface area contributed by atoms with E-state index >= 15 is 0 Å². The monoisotopic (exact) mass is 559 g/mol. The number of para-hydroxylation sites is 1. The van der Waals surface area contributed by atoms with Gasteiger partial charge in [-0.3, -0.25) is 9.59 Å². The molecule has 4 aromatic carbocycles. The molecule has 8 heteroatoms. The molecular formula is C31H24Cl2FN3O2. The number of anilines is 1. The Morgan fingerprint density at radius 2 is 1.64 bits per heavy atom. The SMILES string of the molecule is CN1C(=O)[C@@H](NC(=O)[C@H](Cc2ccc(Cl)c(Cl)c2)c2ccc(F)cc2)N=C(c2ccccc2)c2ccccc21. The first-order valence-electron chi connectivity index (χ1n) is 12.3. The van der Waals surface area contributed by atoms with Crippen LogP contribution in [0.3, 0.4) is 0 Å². The zero-order chi connectivity index (χ0) is 27.5. The second-order valence-electron chi connectivity index (χ2n) is 9.23. The summed E-state index contributed by atoms with van der Waals surface area (Å²) in [7, 11) is 1.66. The van der Waals surface area contributed by atoms with Crippen molar-refractivity contribution in [2.45, 2.75) is 18.5 Å². The van der Waals surface area contributed by atoms with Crippen LogP contribution in [0.5, 0.6) is 0 Å². The van der Waals surface area contributed by atoms with Gasteiger partial charge >= 0.3 is 0 Å². The van der Waals surface area contributed by atoms with Crippen molar-refractivity contribution in [1.29, 1.82) is 0 Å². The summed E-state index contributed by atoms with van der Waals surface area (Å²) >= 11 is 12.3. The van der Waals surface area contributed by atoms with Gasteiger partial charge in [0.25, 0.3) is 5.91 Å². The van der Waals surface area contributed by atoms with Crippen LogP contribution in [0.4, 0.5) is 10.1 Å². The molecule has 0 bridgehead atoms. The minimum Gasteiger partial charge on any atom is -0.326 e. The molecule has 0 spiro atoms. The van der Waals surface area contributed by atoms with Crippen LogP contribution in [-0.4, -0.2) is 30.7 Å². The molecule has 5 rings (SSSR count). The molecule has 39 heavy (non-hydrogen) atoms. The predicted octanol–water partition coefficient (Wildman–Crippen LogP) is 6.42. The maximum absolute atomic E-state index is 13.8. The molecule has 5 nitrogen and oxygen atoms in total. The Labute approximate surface area is 235 Å². The van der Waals surface area contributed by atoms with E-state index in [1.54, 1.807) is 37.4 Å². The molecule has 0 radical (unpaired) electrons. The van der Waals surface area contributed by atoms with Gasteiger partial charge < -0.3 is 10.2 Å². The number of halogens is 3. The average molecular weight is 560 g/mol. The number of carbonyl (C=O) groups excluding carboxylic acids is 2. The van der Waals surface area contributed by atoms with Gasteiger partial charge in [0.15, 0.2) is 0 Å². The first kappa shape index (κ1) is 26.6. The van der Waals surface area contributed by atoms with Gasteiger partial charge in [0.1, 0.15) is 5.82 Å². The number of hydrogen-bond acceptors (Lipinski definition) is 3. The van der Waals surface area contributed by atoms with Crippen molar-refractivity contribution >= 4 is 46.4 Å². The van der Waals surface area contributed by atoms with Gasteiger partial charge in [-0.25, -0.2) is 9.38 Å². The van der Waals surface area contributed by atoms with E-state index in [1.165, 1.54) is 17.0 Å². The van der Waals surface area contributed by atoms with Gasteiger partial charge in [-0.1, -0.05) is 89.9 Å². The summed E-state index contributed by atoms with van der Waals surface area (Å²) in [4.78, 5) is 33.7. The van der Waals surface area contributed by atoms with E-state index < -0.39 is 23.8 Å². The molecule has 4 aromatic rings. The normalized spacial score (nSPS) is 15.7. The Kier molecular flexibility index (Phi) is 7.77. The van der Waals surface area contributed by atoms with Crippen molar-refractivity contribution in [1.82, 2.24) is 5.32 Å². The van der Waals surface area contributed by atoms with Crippen molar-refractivity contribution in [3.8, 4) is 0 Å². The first-order valence-corrected chi connectivity index (χ1v) is 13.1. The maximum atomic E-state index is 13.8. The topological polar surface area (TPSA) is 61.8 Å². The lowest BCUT2D eigenvalue weighted by molar-refractivity contribution is -0.128. The number of fused-ring (bicyclic) bond motifs is 1. The van der Waals surface area contributed by atoms with Crippen molar-refractivity contribution < 1.29 is 14.0 Å². The number of rotatable bonds is 6. The number of amides is 2. The number of nitrogens with one attached hydrogen (secondary N) is 1. The van der Waals surface area contributed by atoms with Crippen LogP contribution in [0.15, 0.2) is 102 Å². The molecule has 0 aliphatic carbocycles. The highest BCUT2D eigenvalue weighted by Gasteiger charge is 2.33. The number of carbonyl (C=O) groups is 2. The number of likely N-dealkylation sites (N-methyl/N-ethyl adjacent to an activating group) is 1. The smallest absolute Gasteiger partial charge is 0.272 e. The summed E-state index contributed by atoms with van der Waals surface area (Å²) in [6, 6.07) is 27.9. The Bertz CT molecular complexity index is 1560. The molecule has 1 aliphatic heterocycles. The largest absolute Gasteiger partial charge is 0.326 e. The van der Waals surface area contributed by atoms with Crippen LogP contribution in [-0.2, 0) is 16.0 Å². The second kappa shape index (κ2) is 11.4. The van der Waals surface area contributed by atoms with Crippen LogP contribution in [0.2, 0.25) is 10.0 Å². The lowest BCUT2D eigenvalue weighted by Crippen LogP contribution is -2.47. The van der Waals surface area contributed by atoms with Crippen LogP contribution in [0, 0.1) is 5.82 Å². The van der Waals surface area contributed by atoms with Crippen molar-refractivity contribution in [3.63, 3.8) is 0 Å². The van der Waals surface area contributed by atoms with Gasteiger partial charge in [0.2, 0.25) is 12.1 Å². The fraction of sp³-hybridized carbons (Fsp3) is 0.129. The third-order valence-corrected chi connectivity index (χ3v) is 7.42. The summed E-state index contributed by atoms with van der Waals surface area (Å²) in [6.45, 7) is 0. The van der Waals surface area contributed by atoms with Crippen LogP contribution >= 0.6 is 23.2 Å². The Balaban J connectivity index is 1.53. The van der Waals surface area contributed by atoms with Crippen LogP contribution in [0.1, 0.15) is 28.2 Å². The standard InChI is InChI=1S/C31H24Cl2FN3O2/c1-37-27-10-6-5-9-23(27)28(21-7-3-2-4-8-21)35-29(31(37)39)36-30(38)24(20-12-14-22(34)15-13-20)17-19-11-16-25(32)26(33)18-19/h2-16,18,24,29H,17H2,1H3,(H,36,38)/t24-,29-/m1/s1. The minimum absolute atomic E-state index is 0.251. The van der Waals surface area contributed by atoms with Gasteiger partial charge in [0.05, 0.1) is 27.4 Å². The summed E-state index contributed by atoms with van der Waals surface area (Å²) in [6.07, 6.45) is -0.928. The van der Waals surface area contributed by atoms with E-state index in [4.69, 9.17) is 28.2 Å². The quantitative estimate of drug-likeness (QED) is 0.296. The van der Waals surface area contributed by atoms with E-state index in [9.17, 15) is 14.0 Å². The molecule has 2 amide bonds. The van der Waals surface area contributed by atoms with Gasteiger partial charge in [-0.05, 0) is 47.9 Å². The van der Waals surface area contributed by atoms with E-state index in [-0.39, 0.29) is 12.3 Å². The maximum Gasteiger partial charge on any atom is 0.272 e. The Hall–Kier alpha value is -4.00. The van der Waals surface area contributed by atoms with Gasteiger partial charge in [-0.15, -0.1) is 0 Å². The van der Waals surface area contributed by atoms with E-state index in [0.717, 1.165) is 16.7 Å². The molecule has 0 fully saturated rings. The third-order valence-electron chi connectivity index (χ3n) is 6.68. The molecule has 0 unspecified atom stereocenters. The highest BCUT2D eigenvalue weighted by molar-refractivity contribution is 6.42. The summed E-state index contributed by atoms with van der Waals surface area (Å²) in [5, 5.41) is 3.63. The predicted molar refractivity (Wildman–Crippen MR) is 153 cm³/mol. The molecule has 196 valence electrons. The molecular weight excluding hydrogens is 536 g/mol. The Morgan fingerprint density at radius 1 is 0.949 bits per heavy atom. The van der Waals surface area contributed by atoms with Gasteiger partial charge in [-0.2, -0.15) is 0 Å². The number of benzodiazepines with no additional fused rings is 1. The third kappa shape index (κ3) is 5.72. The summed E-state index contributed by atoms with van der Waals surface area (Å²) in [5.74, 6) is -1.97. The molecule has 0 saturated carbocycles. The van der Waals surface area contributed by atoms with Crippen molar-refractivity contribution in [3.05, 3.63) is 135 Å². The van der Waals surface area contributed by atoms with E-state index in [2.05, 4.69) is 5.32 Å². The molecule has 0 aromatic heterocycles. The second-order valence-corrected chi connectivity index (χ2v) is 10.0. The molecule has 0 saturated heterocycles. The number of nitrogens with zero attached hydrogens (tertiary/aromatic N) is 2. The lowest BCUT2D eigenvalue weighted by Gasteiger charge is -2.23. The fourth-order valence-electron chi connectivity index (χ4n) is 4.64. The van der Waals surface area contributed by atoms with Crippen molar-refractivity contribution in [2.75, 3.05) is 11.9 Å². The highest BCUT2D eigenvalue weighted by atomic mass is 35.5. The van der Waals surface area contributed by atoms with E-state index in [0.29, 0.717) is 27.0 Å². The highest BCUT2D eigenvalue weighted by Crippen LogP contribution is 2.29. The molecule has 1 aliphatic rings. The van der Waals surface area contributed by atoms with Crippen LogP contribution < -0.4 is 10.2 Å². The number of hydrogen-bond donors (Lipinski definition) is 1. The summed E-state index contributed by atoms with van der Waals surface area (Å²) in [5.41, 5.74) is 4.23. The van der Waals surface area contributed by atoms with Crippen molar-refractivity contribution in [2.24, 2.45) is 4.99 Å². The Morgan fingerprint density at radius 3 is 2.36 bits per heavy atom. The zero-order valence-corrected chi connectivity index (χ0v) is 22.5. The van der Waals surface area contributed by atoms with Crippen LogP contribution in [0.25, 0.3) is 0 Å². The fourth-order valence-corrected chi connectivity index (χ4v) is 4.96. The number of aliphatic imine (C=N–C) groups is 1. The summed E-state index contributed by atoms with van der Waals surface area (Å²) < 4.78 is 13.7. The average Bonchev–Trinajstić information content (AvgIpc) is 3.05. The molecule has 1 heterocycles. The first-order chi connectivity index (χ1) is 18.8. The minimum atomic E-state index is -1.18. The molecule has 2 atom stereocenters. The van der Waals surface area contributed by atoms with E-state index in [1.807, 2.05) is 54.6 Å². The zero-order valence-electron chi connectivity index (χ0n) is 20.9. The number of benzene rings is 4. The van der Waals surface area contributed by atoms with Gasteiger partial charge in [0, 0.05) is 18.2 Å². The lowest BCUT2D eigenvalue weighted by atomic mass is 9.91. The molecule has 1 N–H and O–H groups in total.